The molecule has 1 aliphatic heterocycles. The lowest BCUT2D eigenvalue weighted by Gasteiger charge is -2.10. The highest BCUT2D eigenvalue weighted by atomic mass is 35.5. The maximum Gasteiger partial charge on any atom is 0.376 e. The van der Waals surface area contributed by atoms with E-state index >= 15 is 0 Å². The van der Waals surface area contributed by atoms with E-state index in [9.17, 15) is 9.59 Å². The Bertz CT molecular complexity index is 1410. The van der Waals surface area contributed by atoms with Crippen LogP contribution >= 0.6 is 22.9 Å². The van der Waals surface area contributed by atoms with Crippen molar-refractivity contribution in [3.63, 3.8) is 0 Å². The van der Waals surface area contributed by atoms with Crippen molar-refractivity contribution in [1.29, 1.82) is 0 Å². The van der Waals surface area contributed by atoms with Crippen LogP contribution in [0.25, 0.3) is 21.0 Å². The van der Waals surface area contributed by atoms with Crippen molar-refractivity contribution in [3.8, 4) is 11.8 Å². The molecular weight excluding hydrogens is 454 g/mol. The molecule has 3 aromatic heterocycles. The molecule has 0 bridgehead atoms. The molecule has 0 aliphatic carbocycles. The lowest BCUT2D eigenvalue weighted by Crippen LogP contribution is -2.34. The predicted octanol–water partition coefficient (Wildman–Crippen LogP) is 4.02. The number of halogens is 1. The average molecular weight is 470 g/mol. The number of anilines is 1. The van der Waals surface area contributed by atoms with E-state index in [1.54, 1.807) is 6.07 Å². The van der Waals surface area contributed by atoms with Gasteiger partial charge in [-0.1, -0.05) is 11.6 Å². The van der Waals surface area contributed by atoms with Crippen LogP contribution in [0.5, 0.6) is 11.8 Å². The van der Waals surface area contributed by atoms with Crippen LogP contribution in [-0.4, -0.2) is 46.5 Å². The van der Waals surface area contributed by atoms with Gasteiger partial charge in [0.15, 0.2) is 0 Å². The van der Waals surface area contributed by atoms with Crippen LogP contribution in [0.4, 0.5) is 5.69 Å². The first-order chi connectivity index (χ1) is 15.4. The summed E-state index contributed by atoms with van der Waals surface area (Å²) in [5, 5.41) is 8.25. The highest BCUT2D eigenvalue weighted by Crippen LogP contribution is 2.41. The number of amides is 1. The van der Waals surface area contributed by atoms with Crippen molar-refractivity contribution in [2.45, 2.75) is 13.0 Å². The van der Waals surface area contributed by atoms with Crippen molar-refractivity contribution in [2.24, 2.45) is 0 Å². The lowest BCUT2D eigenvalue weighted by molar-refractivity contribution is 0.0585. The Labute approximate surface area is 190 Å². The second-order valence-electron chi connectivity index (χ2n) is 7.16. The molecule has 1 amide bonds. The molecule has 0 unspecified atom stereocenters. The largest absolute Gasteiger partial charge is 0.463 e. The predicted molar refractivity (Wildman–Crippen MR) is 121 cm³/mol. The Morgan fingerprint density at radius 2 is 2.03 bits per heavy atom. The highest BCUT2D eigenvalue weighted by Gasteiger charge is 2.25. The van der Waals surface area contributed by atoms with E-state index in [1.165, 1.54) is 24.5 Å². The Morgan fingerprint density at radius 1 is 1.19 bits per heavy atom. The number of nitrogens with one attached hydrogen (secondary N) is 2. The van der Waals surface area contributed by atoms with Gasteiger partial charge < -0.3 is 20.1 Å². The third kappa shape index (κ3) is 3.57. The van der Waals surface area contributed by atoms with Gasteiger partial charge in [0.2, 0.25) is 17.6 Å². The molecule has 162 valence electrons. The second-order valence-corrected chi connectivity index (χ2v) is 8.60. The molecule has 0 radical (unpaired) electrons. The number of carbonyl (C=O) groups excluding carboxylic acids is 2. The summed E-state index contributed by atoms with van der Waals surface area (Å²) >= 11 is 7.41. The molecule has 4 heterocycles. The van der Waals surface area contributed by atoms with Gasteiger partial charge >= 0.3 is 5.97 Å². The van der Waals surface area contributed by atoms with Gasteiger partial charge in [-0.25, -0.2) is 14.8 Å². The van der Waals surface area contributed by atoms with Crippen LogP contribution in [0.1, 0.15) is 27.2 Å². The number of methoxy groups -OCH3 is 1. The van der Waals surface area contributed by atoms with E-state index in [2.05, 4.69) is 30.3 Å². The molecule has 0 spiro atoms. The molecule has 11 heteroatoms. The zero-order valence-electron chi connectivity index (χ0n) is 16.9. The molecule has 1 aromatic carbocycles. The van der Waals surface area contributed by atoms with Gasteiger partial charge in [-0.3, -0.25) is 4.79 Å². The van der Waals surface area contributed by atoms with Crippen LogP contribution in [0, 0.1) is 0 Å². The lowest BCUT2D eigenvalue weighted by atomic mass is 10.1. The fraction of sp³-hybridized carbons (Fsp3) is 0.190. The maximum absolute atomic E-state index is 12.6. The van der Waals surface area contributed by atoms with E-state index in [1.807, 2.05) is 25.1 Å². The molecule has 2 N–H and O–H groups in total. The number of fused-ring (bicyclic) bond motifs is 5. The zero-order chi connectivity index (χ0) is 22.4. The monoisotopic (exact) mass is 469 g/mol. The van der Waals surface area contributed by atoms with Crippen molar-refractivity contribution >= 4 is 61.5 Å². The first-order valence-electron chi connectivity index (χ1n) is 9.64. The summed E-state index contributed by atoms with van der Waals surface area (Å²) in [4.78, 5) is 37.4. The van der Waals surface area contributed by atoms with Gasteiger partial charge in [0, 0.05) is 40.2 Å². The number of pyridine rings is 1. The van der Waals surface area contributed by atoms with E-state index in [0.717, 1.165) is 21.2 Å². The van der Waals surface area contributed by atoms with Crippen LogP contribution in [0.3, 0.4) is 0 Å². The minimum absolute atomic E-state index is 0.0276. The van der Waals surface area contributed by atoms with E-state index in [-0.39, 0.29) is 34.7 Å². The van der Waals surface area contributed by atoms with Gasteiger partial charge in [0.05, 0.1) is 18.3 Å². The van der Waals surface area contributed by atoms with Gasteiger partial charge in [-0.15, -0.1) is 11.3 Å². The van der Waals surface area contributed by atoms with Crippen molar-refractivity contribution in [2.75, 3.05) is 19.0 Å². The van der Waals surface area contributed by atoms with Crippen LogP contribution in [-0.2, 0) is 4.74 Å². The number of aromatic nitrogens is 3. The van der Waals surface area contributed by atoms with Gasteiger partial charge in [0.1, 0.15) is 10.0 Å². The van der Waals surface area contributed by atoms with Crippen LogP contribution < -0.4 is 15.4 Å². The summed E-state index contributed by atoms with van der Waals surface area (Å²) in [6.45, 7) is 2.59. The first kappa shape index (κ1) is 20.4. The summed E-state index contributed by atoms with van der Waals surface area (Å²) in [5.74, 6) is -0.688. The number of benzene rings is 1. The van der Waals surface area contributed by atoms with Gasteiger partial charge in [-0.05, 0) is 25.1 Å². The van der Waals surface area contributed by atoms with E-state index in [4.69, 9.17) is 16.3 Å². The SMILES string of the molecule is COC(=O)c1nc(Cl)cc(Oc2ccc3c(ccc4sc5c(c43)NC[C@H](C)NC5=O)n2)n1. The normalized spacial score (nSPS) is 15.6. The minimum atomic E-state index is -0.727. The molecule has 1 aliphatic rings. The summed E-state index contributed by atoms with van der Waals surface area (Å²) in [6, 6.07) is 8.78. The van der Waals surface area contributed by atoms with Crippen LogP contribution in [0.15, 0.2) is 30.3 Å². The Hall–Kier alpha value is -3.50. The molecule has 1 atom stereocenters. The minimum Gasteiger partial charge on any atom is -0.463 e. The fourth-order valence-corrected chi connectivity index (χ4v) is 4.77. The molecule has 4 aromatic rings. The van der Waals surface area contributed by atoms with Gasteiger partial charge in [-0.2, -0.15) is 4.98 Å². The molecule has 0 saturated heterocycles. The Balaban J connectivity index is 1.56. The number of hydrogen-bond donors (Lipinski definition) is 2. The van der Waals surface area contributed by atoms with Crippen molar-refractivity contribution in [1.82, 2.24) is 20.3 Å². The standard InChI is InChI=1S/C21H16ClN5O4S/c1-9-8-23-17-16-10-3-6-14(31-15-7-13(22)26-19(27-15)21(29)30-2)25-11(10)4-5-12(16)32-18(17)20(28)24-9/h3-7,9,23H,8H2,1-2H3,(H,24,28)/t9-/m0/s1. The number of hydrogen-bond acceptors (Lipinski definition) is 9. The number of rotatable bonds is 3. The molecule has 32 heavy (non-hydrogen) atoms. The van der Waals surface area contributed by atoms with E-state index in [0.29, 0.717) is 16.9 Å². The van der Waals surface area contributed by atoms with Crippen molar-refractivity contribution < 1.29 is 19.1 Å². The summed E-state index contributed by atoms with van der Waals surface area (Å²) in [6.07, 6.45) is 0. The number of thiophene rings is 1. The quantitative estimate of drug-likeness (QED) is 0.341. The maximum atomic E-state index is 12.6. The number of esters is 1. The molecule has 5 rings (SSSR count). The number of ether oxygens (including phenoxy) is 2. The molecule has 9 nitrogen and oxygen atoms in total. The third-order valence-electron chi connectivity index (χ3n) is 4.91. The smallest absolute Gasteiger partial charge is 0.376 e. The first-order valence-corrected chi connectivity index (χ1v) is 10.8. The summed E-state index contributed by atoms with van der Waals surface area (Å²) in [7, 11) is 1.23. The fourth-order valence-electron chi connectivity index (χ4n) is 3.50. The summed E-state index contributed by atoms with van der Waals surface area (Å²) < 4.78 is 11.3. The number of carbonyl (C=O) groups is 2. The summed E-state index contributed by atoms with van der Waals surface area (Å²) in [5.41, 5.74) is 1.50. The number of nitrogens with zero attached hydrogens (tertiary/aromatic N) is 3. The molecule has 0 fully saturated rings. The molecule has 0 saturated carbocycles. The Kier molecular flexibility index (Phi) is 5.03. The second kappa shape index (κ2) is 7.88. The average Bonchev–Trinajstić information content (AvgIpc) is 3.09. The zero-order valence-corrected chi connectivity index (χ0v) is 18.5. The topological polar surface area (TPSA) is 115 Å². The Morgan fingerprint density at radius 3 is 2.84 bits per heavy atom. The van der Waals surface area contributed by atoms with E-state index < -0.39 is 5.97 Å². The van der Waals surface area contributed by atoms with Crippen LogP contribution in [0.2, 0.25) is 5.15 Å². The van der Waals surface area contributed by atoms with Crippen molar-refractivity contribution in [3.05, 3.63) is 46.2 Å². The highest BCUT2D eigenvalue weighted by molar-refractivity contribution is 7.21. The molecular formula is C21H16ClN5O4S. The third-order valence-corrected chi connectivity index (χ3v) is 6.26. The van der Waals surface area contributed by atoms with Gasteiger partial charge in [0.25, 0.3) is 5.91 Å².